The first-order valence-corrected chi connectivity index (χ1v) is 8.21. The third-order valence-electron chi connectivity index (χ3n) is 2.84. The van der Waals surface area contributed by atoms with Crippen LogP contribution in [0.1, 0.15) is 18.4 Å². The van der Waals surface area contributed by atoms with Gasteiger partial charge in [-0.2, -0.15) is 0 Å². The SMILES string of the molecule is CCOc1ccccc1OCCCc1nnc(NC(=O)CN)s1. The standard InChI is InChI=1S/C15H20N4O3S/c1-2-21-11-6-3-4-7-12(11)22-9-5-8-14-18-19-15(23-14)17-13(20)10-16/h3-4,6-7H,2,5,8-10,16H2,1H3,(H,17,19,20). The molecule has 0 aliphatic carbocycles. The van der Waals surface area contributed by atoms with Crippen LogP contribution in [0.2, 0.25) is 0 Å². The Labute approximate surface area is 138 Å². The molecule has 0 saturated heterocycles. The second-order valence-corrected chi connectivity index (χ2v) is 5.65. The molecule has 0 aliphatic heterocycles. The molecule has 1 aromatic carbocycles. The average Bonchev–Trinajstić information content (AvgIpc) is 3.00. The summed E-state index contributed by atoms with van der Waals surface area (Å²) in [6, 6.07) is 7.59. The number of carbonyl (C=O) groups excluding carboxylic acids is 1. The molecule has 124 valence electrons. The van der Waals surface area contributed by atoms with Gasteiger partial charge in [0.05, 0.1) is 19.8 Å². The molecule has 2 rings (SSSR count). The smallest absolute Gasteiger partial charge is 0.239 e. The molecule has 0 aliphatic rings. The van der Waals surface area contributed by atoms with Crippen LogP contribution in [0.15, 0.2) is 24.3 Å². The third-order valence-corrected chi connectivity index (χ3v) is 3.74. The summed E-state index contributed by atoms with van der Waals surface area (Å²) in [5.74, 6) is 1.21. The summed E-state index contributed by atoms with van der Waals surface area (Å²) < 4.78 is 11.3. The number of aromatic nitrogens is 2. The van der Waals surface area contributed by atoms with Gasteiger partial charge in [0.1, 0.15) is 5.01 Å². The summed E-state index contributed by atoms with van der Waals surface area (Å²) in [4.78, 5) is 11.2. The van der Waals surface area contributed by atoms with Crippen LogP contribution in [-0.4, -0.2) is 35.9 Å². The van der Waals surface area contributed by atoms with Gasteiger partial charge in [0.15, 0.2) is 11.5 Å². The molecule has 0 bridgehead atoms. The molecule has 0 fully saturated rings. The van der Waals surface area contributed by atoms with Gasteiger partial charge in [-0.25, -0.2) is 0 Å². The fraction of sp³-hybridized carbons (Fsp3) is 0.400. The van der Waals surface area contributed by atoms with Crippen molar-refractivity contribution in [2.45, 2.75) is 19.8 Å². The number of rotatable bonds is 9. The number of para-hydroxylation sites is 2. The van der Waals surface area contributed by atoms with Crippen molar-refractivity contribution in [1.82, 2.24) is 10.2 Å². The minimum atomic E-state index is -0.274. The Kier molecular flexibility index (Phi) is 6.76. The van der Waals surface area contributed by atoms with Gasteiger partial charge in [0.2, 0.25) is 11.0 Å². The minimum Gasteiger partial charge on any atom is -0.490 e. The van der Waals surface area contributed by atoms with Gasteiger partial charge in [-0.1, -0.05) is 23.5 Å². The van der Waals surface area contributed by atoms with E-state index in [4.69, 9.17) is 15.2 Å². The van der Waals surface area contributed by atoms with Crippen molar-refractivity contribution in [1.29, 1.82) is 0 Å². The predicted molar refractivity (Wildman–Crippen MR) is 89.0 cm³/mol. The van der Waals surface area contributed by atoms with Crippen LogP contribution in [-0.2, 0) is 11.2 Å². The highest BCUT2D eigenvalue weighted by Gasteiger charge is 2.07. The fourth-order valence-electron chi connectivity index (χ4n) is 1.83. The van der Waals surface area contributed by atoms with Crippen LogP contribution in [0.4, 0.5) is 5.13 Å². The van der Waals surface area contributed by atoms with Crippen LogP contribution >= 0.6 is 11.3 Å². The molecule has 1 amide bonds. The molecule has 3 N–H and O–H groups in total. The van der Waals surface area contributed by atoms with Crippen molar-refractivity contribution in [2.75, 3.05) is 25.1 Å². The first-order chi connectivity index (χ1) is 11.2. The first kappa shape index (κ1) is 17.2. The van der Waals surface area contributed by atoms with E-state index in [1.165, 1.54) is 11.3 Å². The number of carbonyl (C=O) groups is 1. The van der Waals surface area contributed by atoms with Crippen LogP contribution in [0.25, 0.3) is 0 Å². The number of amides is 1. The Hall–Kier alpha value is -2.19. The molecular formula is C15H20N4O3S. The quantitative estimate of drug-likeness (QED) is 0.678. The molecule has 23 heavy (non-hydrogen) atoms. The summed E-state index contributed by atoms with van der Waals surface area (Å²) in [6.45, 7) is 3.02. The second-order valence-electron chi connectivity index (χ2n) is 4.59. The Bertz CT molecular complexity index is 633. The predicted octanol–water partition coefficient (Wildman–Crippen LogP) is 1.85. The van der Waals surface area contributed by atoms with E-state index < -0.39 is 0 Å². The summed E-state index contributed by atoms with van der Waals surface area (Å²) in [5.41, 5.74) is 5.23. The lowest BCUT2D eigenvalue weighted by Gasteiger charge is -2.10. The largest absolute Gasteiger partial charge is 0.490 e. The molecule has 0 unspecified atom stereocenters. The lowest BCUT2D eigenvalue weighted by molar-refractivity contribution is -0.114. The highest BCUT2D eigenvalue weighted by molar-refractivity contribution is 7.15. The molecule has 0 spiro atoms. The van der Waals surface area contributed by atoms with Gasteiger partial charge in [0.25, 0.3) is 0 Å². The number of hydrogen-bond donors (Lipinski definition) is 2. The summed E-state index contributed by atoms with van der Waals surface area (Å²) in [7, 11) is 0. The molecular weight excluding hydrogens is 316 g/mol. The minimum absolute atomic E-state index is 0.0675. The molecule has 7 nitrogen and oxygen atoms in total. The lowest BCUT2D eigenvalue weighted by atomic mass is 10.3. The number of anilines is 1. The van der Waals surface area contributed by atoms with Crippen molar-refractivity contribution in [2.24, 2.45) is 5.73 Å². The number of ether oxygens (including phenoxy) is 2. The topological polar surface area (TPSA) is 99.4 Å². The molecule has 0 saturated carbocycles. The molecule has 0 radical (unpaired) electrons. The van der Waals surface area contributed by atoms with Gasteiger partial charge < -0.3 is 15.2 Å². The van der Waals surface area contributed by atoms with Crippen LogP contribution in [0.5, 0.6) is 11.5 Å². The van der Waals surface area contributed by atoms with Crippen molar-refractivity contribution >= 4 is 22.4 Å². The molecule has 1 heterocycles. The number of nitrogens with two attached hydrogens (primary N) is 1. The zero-order valence-electron chi connectivity index (χ0n) is 12.9. The maximum absolute atomic E-state index is 11.2. The summed E-state index contributed by atoms with van der Waals surface area (Å²) in [6.07, 6.45) is 1.52. The Morgan fingerprint density at radius 2 is 2.00 bits per heavy atom. The zero-order valence-corrected chi connectivity index (χ0v) is 13.8. The van der Waals surface area contributed by atoms with Crippen LogP contribution in [0, 0.1) is 0 Å². The van der Waals surface area contributed by atoms with E-state index in [2.05, 4.69) is 15.5 Å². The number of hydrogen-bond acceptors (Lipinski definition) is 7. The fourth-order valence-corrected chi connectivity index (χ4v) is 2.62. The lowest BCUT2D eigenvalue weighted by Crippen LogP contribution is -2.21. The van der Waals surface area contributed by atoms with Gasteiger partial charge >= 0.3 is 0 Å². The molecule has 8 heteroatoms. The van der Waals surface area contributed by atoms with Crippen molar-refractivity contribution < 1.29 is 14.3 Å². The van der Waals surface area contributed by atoms with E-state index in [0.29, 0.717) is 18.3 Å². The van der Waals surface area contributed by atoms with E-state index in [0.717, 1.165) is 29.3 Å². The molecule has 0 atom stereocenters. The van der Waals surface area contributed by atoms with E-state index in [1.54, 1.807) is 0 Å². The Morgan fingerprint density at radius 3 is 2.70 bits per heavy atom. The highest BCUT2D eigenvalue weighted by Crippen LogP contribution is 2.26. The van der Waals surface area contributed by atoms with Crippen molar-refractivity contribution in [3.63, 3.8) is 0 Å². The molecule has 1 aromatic heterocycles. The maximum Gasteiger partial charge on any atom is 0.239 e. The number of nitrogens with zero attached hydrogens (tertiary/aromatic N) is 2. The number of nitrogens with one attached hydrogen (secondary N) is 1. The number of aryl methyl sites for hydroxylation is 1. The normalized spacial score (nSPS) is 10.3. The first-order valence-electron chi connectivity index (χ1n) is 7.39. The van der Waals surface area contributed by atoms with Crippen LogP contribution in [0.3, 0.4) is 0 Å². The Balaban J connectivity index is 1.76. The number of benzene rings is 1. The monoisotopic (exact) mass is 336 g/mol. The van der Waals surface area contributed by atoms with Gasteiger partial charge in [0, 0.05) is 6.42 Å². The Morgan fingerprint density at radius 1 is 1.26 bits per heavy atom. The summed E-state index contributed by atoms with van der Waals surface area (Å²) >= 11 is 1.34. The summed E-state index contributed by atoms with van der Waals surface area (Å²) in [5, 5.41) is 11.8. The maximum atomic E-state index is 11.2. The van der Waals surface area contributed by atoms with Gasteiger partial charge in [-0.15, -0.1) is 10.2 Å². The van der Waals surface area contributed by atoms with E-state index in [9.17, 15) is 4.79 Å². The van der Waals surface area contributed by atoms with E-state index >= 15 is 0 Å². The highest BCUT2D eigenvalue weighted by atomic mass is 32.1. The van der Waals surface area contributed by atoms with Gasteiger partial charge in [-0.05, 0) is 25.5 Å². The average molecular weight is 336 g/mol. The zero-order chi connectivity index (χ0) is 16.5. The van der Waals surface area contributed by atoms with Crippen LogP contribution < -0.4 is 20.5 Å². The third kappa shape index (κ3) is 5.50. The van der Waals surface area contributed by atoms with Crippen molar-refractivity contribution in [3.05, 3.63) is 29.3 Å². The van der Waals surface area contributed by atoms with E-state index in [1.807, 2.05) is 31.2 Å². The van der Waals surface area contributed by atoms with Crippen molar-refractivity contribution in [3.8, 4) is 11.5 Å². The molecule has 2 aromatic rings. The van der Waals surface area contributed by atoms with Gasteiger partial charge in [-0.3, -0.25) is 10.1 Å². The van der Waals surface area contributed by atoms with E-state index in [-0.39, 0.29) is 12.5 Å². The second kappa shape index (κ2) is 9.06.